The summed E-state index contributed by atoms with van der Waals surface area (Å²) in [4.78, 5) is 21.8. The van der Waals surface area contributed by atoms with Crippen molar-refractivity contribution < 1.29 is 4.79 Å². The van der Waals surface area contributed by atoms with Crippen LogP contribution in [-0.2, 0) is 6.54 Å². The van der Waals surface area contributed by atoms with Crippen molar-refractivity contribution in [2.24, 2.45) is 0 Å². The predicted octanol–water partition coefficient (Wildman–Crippen LogP) is 4.21. The number of nitrogens with zero attached hydrogens (tertiary/aromatic N) is 2. The minimum atomic E-state index is -0.145. The SMILES string of the molecule is Cc1nc(-c2ccccc2)sc1CNC(=O)c1cncc(Br)c1. The van der Waals surface area contributed by atoms with E-state index >= 15 is 0 Å². The molecule has 1 amide bonds. The van der Waals surface area contributed by atoms with E-state index in [1.165, 1.54) is 0 Å². The maximum atomic E-state index is 12.2. The van der Waals surface area contributed by atoms with Crippen LogP contribution in [0.3, 0.4) is 0 Å². The molecule has 0 fully saturated rings. The number of thiazole rings is 1. The number of benzene rings is 1. The van der Waals surface area contributed by atoms with Gasteiger partial charge in [-0.1, -0.05) is 30.3 Å². The fraction of sp³-hybridized carbons (Fsp3) is 0.118. The van der Waals surface area contributed by atoms with Crippen molar-refractivity contribution in [3.8, 4) is 10.6 Å². The Labute approximate surface area is 146 Å². The highest BCUT2D eigenvalue weighted by Gasteiger charge is 2.11. The van der Waals surface area contributed by atoms with E-state index in [9.17, 15) is 4.79 Å². The fourth-order valence-electron chi connectivity index (χ4n) is 2.09. The van der Waals surface area contributed by atoms with E-state index in [1.807, 2.05) is 37.3 Å². The van der Waals surface area contributed by atoms with Crippen molar-refractivity contribution in [1.29, 1.82) is 0 Å². The second-order valence-corrected chi connectivity index (χ2v) is 6.97. The molecule has 116 valence electrons. The molecule has 2 heterocycles. The topological polar surface area (TPSA) is 54.9 Å². The van der Waals surface area contributed by atoms with E-state index in [1.54, 1.807) is 29.8 Å². The molecule has 0 atom stereocenters. The summed E-state index contributed by atoms with van der Waals surface area (Å²) in [5.74, 6) is -0.145. The van der Waals surface area contributed by atoms with E-state index in [0.29, 0.717) is 12.1 Å². The molecule has 2 aromatic heterocycles. The number of halogens is 1. The van der Waals surface area contributed by atoms with Crippen molar-refractivity contribution in [1.82, 2.24) is 15.3 Å². The van der Waals surface area contributed by atoms with Crippen LogP contribution >= 0.6 is 27.3 Å². The molecule has 23 heavy (non-hydrogen) atoms. The maximum Gasteiger partial charge on any atom is 0.253 e. The Bertz CT molecular complexity index is 833. The average molecular weight is 388 g/mol. The largest absolute Gasteiger partial charge is 0.347 e. The van der Waals surface area contributed by atoms with Crippen molar-refractivity contribution >= 4 is 33.2 Å². The Hall–Kier alpha value is -2.05. The smallest absolute Gasteiger partial charge is 0.253 e. The third kappa shape index (κ3) is 3.83. The van der Waals surface area contributed by atoms with Gasteiger partial charge in [-0.05, 0) is 28.9 Å². The zero-order valence-electron chi connectivity index (χ0n) is 12.4. The molecule has 0 bridgehead atoms. The number of hydrogen-bond acceptors (Lipinski definition) is 4. The van der Waals surface area contributed by atoms with E-state index in [4.69, 9.17) is 0 Å². The molecule has 0 aliphatic carbocycles. The second kappa shape index (κ2) is 7.02. The van der Waals surface area contributed by atoms with Gasteiger partial charge in [0.05, 0.1) is 17.8 Å². The highest BCUT2D eigenvalue weighted by molar-refractivity contribution is 9.10. The lowest BCUT2D eigenvalue weighted by atomic mass is 10.2. The van der Waals surface area contributed by atoms with Crippen LogP contribution in [0, 0.1) is 6.92 Å². The molecule has 0 aliphatic rings. The molecule has 3 aromatic rings. The number of hydrogen-bond donors (Lipinski definition) is 1. The van der Waals surface area contributed by atoms with E-state index in [2.05, 4.69) is 31.2 Å². The Morgan fingerprint density at radius 1 is 1.26 bits per heavy atom. The third-order valence-corrected chi connectivity index (χ3v) is 4.93. The molecule has 0 radical (unpaired) electrons. The number of rotatable bonds is 4. The molecule has 0 unspecified atom stereocenters. The number of aromatic nitrogens is 2. The van der Waals surface area contributed by atoms with Gasteiger partial charge in [0.25, 0.3) is 5.91 Å². The van der Waals surface area contributed by atoms with Crippen molar-refractivity contribution in [2.75, 3.05) is 0 Å². The average Bonchev–Trinajstić information content (AvgIpc) is 2.94. The van der Waals surface area contributed by atoms with Gasteiger partial charge >= 0.3 is 0 Å². The molecule has 0 saturated heterocycles. The quantitative estimate of drug-likeness (QED) is 0.729. The summed E-state index contributed by atoms with van der Waals surface area (Å²) < 4.78 is 0.783. The molecule has 1 N–H and O–H groups in total. The summed E-state index contributed by atoms with van der Waals surface area (Å²) in [5.41, 5.74) is 2.57. The Morgan fingerprint density at radius 3 is 2.78 bits per heavy atom. The summed E-state index contributed by atoms with van der Waals surface area (Å²) >= 11 is 4.92. The van der Waals surface area contributed by atoms with Crippen LogP contribution in [0.1, 0.15) is 20.9 Å². The van der Waals surface area contributed by atoms with Crippen LogP contribution in [0.15, 0.2) is 53.3 Å². The minimum absolute atomic E-state index is 0.145. The van der Waals surface area contributed by atoms with Crippen LogP contribution in [-0.4, -0.2) is 15.9 Å². The van der Waals surface area contributed by atoms with E-state index < -0.39 is 0 Å². The first-order valence-electron chi connectivity index (χ1n) is 7.04. The molecule has 4 nitrogen and oxygen atoms in total. The van der Waals surface area contributed by atoms with Gasteiger partial charge in [0.1, 0.15) is 5.01 Å². The van der Waals surface area contributed by atoms with Gasteiger partial charge in [-0.3, -0.25) is 9.78 Å². The Balaban J connectivity index is 1.71. The number of carbonyl (C=O) groups excluding carboxylic acids is 1. The number of nitrogens with one attached hydrogen (secondary N) is 1. The molecule has 1 aromatic carbocycles. The summed E-state index contributed by atoms with van der Waals surface area (Å²) in [5, 5.41) is 3.89. The number of aryl methyl sites for hydroxylation is 1. The summed E-state index contributed by atoms with van der Waals surface area (Å²) in [6.45, 7) is 2.42. The molecule has 0 saturated carbocycles. The maximum absolute atomic E-state index is 12.2. The van der Waals surface area contributed by atoms with Gasteiger partial charge in [0, 0.05) is 27.3 Å². The highest BCUT2D eigenvalue weighted by Crippen LogP contribution is 2.27. The predicted molar refractivity (Wildman–Crippen MR) is 95.4 cm³/mol. The van der Waals surface area contributed by atoms with E-state index in [0.717, 1.165) is 25.6 Å². The van der Waals surface area contributed by atoms with Crippen LogP contribution in [0.2, 0.25) is 0 Å². The molecule has 3 rings (SSSR count). The number of carbonyl (C=O) groups is 1. The third-order valence-electron chi connectivity index (χ3n) is 3.29. The second-order valence-electron chi connectivity index (χ2n) is 4.97. The first-order valence-corrected chi connectivity index (χ1v) is 8.65. The number of amides is 1. The normalized spacial score (nSPS) is 10.5. The summed E-state index contributed by atoms with van der Waals surface area (Å²) in [7, 11) is 0. The van der Waals surface area contributed by atoms with Crippen LogP contribution in [0.25, 0.3) is 10.6 Å². The molecular formula is C17H14BrN3OS. The highest BCUT2D eigenvalue weighted by atomic mass is 79.9. The summed E-state index contributed by atoms with van der Waals surface area (Å²) in [6, 6.07) is 11.8. The van der Waals surface area contributed by atoms with Crippen LogP contribution in [0.4, 0.5) is 0 Å². The first-order chi connectivity index (χ1) is 11.1. The molecule has 6 heteroatoms. The van der Waals surface area contributed by atoms with Gasteiger partial charge in [-0.2, -0.15) is 0 Å². The van der Waals surface area contributed by atoms with Crippen molar-refractivity contribution in [2.45, 2.75) is 13.5 Å². The van der Waals surface area contributed by atoms with Crippen molar-refractivity contribution in [3.05, 3.63) is 69.4 Å². The Morgan fingerprint density at radius 2 is 2.04 bits per heavy atom. The van der Waals surface area contributed by atoms with Gasteiger partial charge in [-0.15, -0.1) is 11.3 Å². The molecular weight excluding hydrogens is 374 g/mol. The van der Waals surface area contributed by atoms with Gasteiger partial charge in [0.15, 0.2) is 0 Å². The van der Waals surface area contributed by atoms with Crippen LogP contribution in [0.5, 0.6) is 0 Å². The molecule has 0 spiro atoms. The van der Waals surface area contributed by atoms with Crippen molar-refractivity contribution in [3.63, 3.8) is 0 Å². The van der Waals surface area contributed by atoms with Gasteiger partial charge in [0.2, 0.25) is 0 Å². The number of pyridine rings is 1. The van der Waals surface area contributed by atoms with Gasteiger partial charge < -0.3 is 5.32 Å². The van der Waals surface area contributed by atoms with Crippen LogP contribution < -0.4 is 5.32 Å². The molecule has 0 aliphatic heterocycles. The fourth-order valence-corrected chi connectivity index (χ4v) is 3.47. The lowest BCUT2D eigenvalue weighted by Gasteiger charge is -2.04. The monoisotopic (exact) mass is 387 g/mol. The first kappa shape index (κ1) is 15.8. The van der Waals surface area contributed by atoms with E-state index in [-0.39, 0.29) is 5.91 Å². The zero-order chi connectivity index (χ0) is 16.2. The zero-order valence-corrected chi connectivity index (χ0v) is 14.8. The standard InChI is InChI=1S/C17H14BrN3OS/c1-11-15(23-17(21-11)12-5-3-2-4-6-12)10-20-16(22)13-7-14(18)9-19-8-13/h2-9H,10H2,1H3,(H,20,22). The minimum Gasteiger partial charge on any atom is -0.347 e. The summed E-state index contributed by atoms with van der Waals surface area (Å²) in [6.07, 6.45) is 3.20. The Kier molecular flexibility index (Phi) is 4.83. The van der Waals surface area contributed by atoms with Gasteiger partial charge in [-0.25, -0.2) is 4.98 Å². The lowest BCUT2D eigenvalue weighted by Crippen LogP contribution is -2.22. The lowest BCUT2D eigenvalue weighted by molar-refractivity contribution is 0.0951.